The Morgan fingerprint density at radius 2 is 1.83 bits per heavy atom. The molecule has 3 rings (SSSR count). The molecule has 0 aliphatic heterocycles. The van der Waals surface area contributed by atoms with Gasteiger partial charge in [0.1, 0.15) is 22.5 Å². The Labute approximate surface area is 174 Å². The molecule has 1 atom stereocenters. The van der Waals surface area contributed by atoms with Gasteiger partial charge in [-0.3, -0.25) is 4.79 Å². The van der Waals surface area contributed by atoms with E-state index in [2.05, 4.69) is 26.5 Å². The maximum Gasteiger partial charge on any atom is 0.237 e. The molecule has 0 saturated carbocycles. The second-order valence-electron chi connectivity index (χ2n) is 6.69. The van der Waals surface area contributed by atoms with Crippen molar-refractivity contribution in [3.63, 3.8) is 0 Å². The molecule has 1 N–H and O–H groups in total. The van der Waals surface area contributed by atoms with E-state index in [0.29, 0.717) is 27.8 Å². The molecule has 8 heteroatoms. The summed E-state index contributed by atoms with van der Waals surface area (Å²) in [6.45, 7) is 9.12. The highest BCUT2D eigenvalue weighted by Gasteiger charge is 2.22. The molecule has 1 unspecified atom stereocenters. The summed E-state index contributed by atoms with van der Waals surface area (Å²) in [6.07, 6.45) is 0. The van der Waals surface area contributed by atoms with Crippen molar-refractivity contribution in [3.8, 4) is 11.8 Å². The highest BCUT2D eigenvalue weighted by atomic mass is 32.2. The summed E-state index contributed by atoms with van der Waals surface area (Å²) >= 11 is 1.25. The number of hydrogen-bond donors (Lipinski definition) is 1. The van der Waals surface area contributed by atoms with E-state index in [4.69, 9.17) is 0 Å². The number of amides is 1. The van der Waals surface area contributed by atoms with Gasteiger partial charge in [-0.15, -0.1) is 0 Å². The van der Waals surface area contributed by atoms with E-state index in [1.807, 2.05) is 48.9 Å². The van der Waals surface area contributed by atoms with Gasteiger partial charge in [-0.1, -0.05) is 30.0 Å². The van der Waals surface area contributed by atoms with Crippen molar-refractivity contribution < 1.29 is 4.79 Å². The SMILES string of the molecule is Cc1nc(C)c(C#N)c(SC(C)C(=O)Nc2c(C)nn(-c3ccccc3)c2C)n1. The number of nitrogens with zero attached hydrogens (tertiary/aromatic N) is 5. The van der Waals surface area contributed by atoms with E-state index in [-0.39, 0.29) is 5.91 Å². The van der Waals surface area contributed by atoms with Gasteiger partial charge >= 0.3 is 0 Å². The lowest BCUT2D eigenvalue weighted by Crippen LogP contribution is -2.23. The third-order valence-electron chi connectivity index (χ3n) is 4.48. The fourth-order valence-corrected chi connectivity index (χ4v) is 3.98. The molecule has 1 amide bonds. The smallest absolute Gasteiger partial charge is 0.237 e. The van der Waals surface area contributed by atoms with Crippen molar-refractivity contribution in [2.75, 3.05) is 5.32 Å². The molecule has 7 nitrogen and oxygen atoms in total. The van der Waals surface area contributed by atoms with Gasteiger partial charge in [-0.05, 0) is 46.8 Å². The fourth-order valence-electron chi connectivity index (χ4n) is 2.99. The molecule has 1 aromatic carbocycles. The summed E-state index contributed by atoms with van der Waals surface area (Å²) in [5.41, 5.74) is 4.24. The summed E-state index contributed by atoms with van der Waals surface area (Å²) in [5, 5.41) is 17.0. The van der Waals surface area contributed by atoms with Crippen LogP contribution in [0.15, 0.2) is 35.4 Å². The molecule has 29 heavy (non-hydrogen) atoms. The van der Waals surface area contributed by atoms with Gasteiger partial charge in [0.2, 0.25) is 5.91 Å². The lowest BCUT2D eigenvalue weighted by molar-refractivity contribution is -0.115. The molecule has 3 aromatic rings. The van der Waals surface area contributed by atoms with E-state index in [0.717, 1.165) is 17.1 Å². The summed E-state index contributed by atoms with van der Waals surface area (Å²) < 4.78 is 1.81. The van der Waals surface area contributed by atoms with Crippen LogP contribution in [0.2, 0.25) is 0 Å². The monoisotopic (exact) mass is 406 g/mol. The number of aromatic nitrogens is 4. The van der Waals surface area contributed by atoms with Crippen molar-refractivity contribution in [2.24, 2.45) is 0 Å². The van der Waals surface area contributed by atoms with Gasteiger partial charge in [0.25, 0.3) is 0 Å². The lowest BCUT2D eigenvalue weighted by Gasteiger charge is -2.13. The Kier molecular flexibility index (Phi) is 5.99. The average Bonchev–Trinajstić information content (AvgIpc) is 2.96. The Morgan fingerprint density at radius 3 is 2.48 bits per heavy atom. The maximum absolute atomic E-state index is 12.8. The van der Waals surface area contributed by atoms with Crippen LogP contribution < -0.4 is 5.32 Å². The minimum absolute atomic E-state index is 0.174. The lowest BCUT2D eigenvalue weighted by atomic mass is 10.2. The molecule has 0 radical (unpaired) electrons. The van der Waals surface area contributed by atoms with Crippen molar-refractivity contribution in [1.29, 1.82) is 5.26 Å². The van der Waals surface area contributed by atoms with Crippen molar-refractivity contribution in [1.82, 2.24) is 19.7 Å². The first kappa shape index (κ1) is 20.6. The molecule has 0 aliphatic carbocycles. The summed E-state index contributed by atoms with van der Waals surface area (Å²) in [6, 6.07) is 11.9. The minimum Gasteiger partial charge on any atom is -0.322 e. The van der Waals surface area contributed by atoms with Crippen LogP contribution in [0, 0.1) is 39.0 Å². The molecule has 0 fully saturated rings. The number of rotatable bonds is 5. The topological polar surface area (TPSA) is 96.5 Å². The molecule has 2 heterocycles. The van der Waals surface area contributed by atoms with Crippen LogP contribution in [0.3, 0.4) is 0 Å². The van der Waals surface area contributed by atoms with Crippen LogP contribution in [-0.4, -0.2) is 30.9 Å². The van der Waals surface area contributed by atoms with E-state index < -0.39 is 5.25 Å². The van der Waals surface area contributed by atoms with Gasteiger partial charge in [0, 0.05) is 0 Å². The number of thioether (sulfide) groups is 1. The summed E-state index contributed by atoms with van der Waals surface area (Å²) in [4.78, 5) is 21.4. The van der Waals surface area contributed by atoms with E-state index in [1.54, 1.807) is 20.8 Å². The number of nitrogens with one attached hydrogen (secondary N) is 1. The quantitative estimate of drug-likeness (QED) is 0.510. The van der Waals surface area contributed by atoms with Gasteiger partial charge in [0.15, 0.2) is 0 Å². The van der Waals surface area contributed by atoms with Gasteiger partial charge in [-0.25, -0.2) is 14.6 Å². The first-order valence-electron chi connectivity index (χ1n) is 9.16. The number of carbonyl (C=O) groups excluding carboxylic acids is 1. The van der Waals surface area contributed by atoms with Gasteiger partial charge in [-0.2, -0.15) is 10.4 Å². The maximum atomic E-state index is 12.8. The third-order valence-corrected chi connectivity index (χ3v) is 5.56. The molecule has 0 spiro atoms. The largest absolute Gasteiger partial charge is 0.322 e. The Hall–Kier alpha value is -3.18. The summed E-state index contributed by atoms with van der Waals surface area (Å²) in [5.74, 6) is 0.402. The summed E-state index contributed by atoms with van der Waals surface area (Å²) in [7, 11) is 0. The normalized spacial score (nSPS) is 11.7. The molecule has 0 saturated heterocycles. The van der Waals surface area contributed by atoms with Crippen LogP contribution in [0.5, 0.6) is 0 Å². The van der Waals surface area contributed by atoms with Crippen molar-refractivity contribution >= 4 is 23.4 Å². The zero-order valence-corrected chi connectivity index (χ0v) is 17.8. The number of nitriles is 1. The first-order valence-corrected chi connectivity index (χ1v) is 10.0. The van der Waals surface area contributed by atoms with Crippen LogP contribution in [0.4, 0.5) is 5.69 Å². The minimum atomic E-state index is -0.449. The Morgan fingerprint density at radius 1 is 1.14 bits per heavy atom. The van der Waals surface area contributed by atoms with Crippen molar-refractivity contribution in [2.45, 2.75) is 44.9 Å². The number of anilines is 1. The van der Waals surface area contributed by atoms with Gasteiger partial charge in [0.05, 0.1) is 33.7 Å². The van der Waals surface area contributed by atoms with Crippen LogP contribution in [-0.2, 0) is 4.79 Å². The molecule has 0 aliphatic rings. The highest BCUT2D eigenvalue weighted by molar-refractivity contribution is 8.00. The second-order valence-corrected chi connectivity index (χ2v) is 8.02. The molecule has 148 valence electrons. The molecular weight excluding hydrogens is 384 g/mol. The zero-order valence-electron chi connectivity index (χ0n) is 17.0. The standard InChI is InChI=1S/C21H22N6OS/c1-12-18(11-22)21(24-16(5)23-12)29-15(4)20(28)25-19-13(2)26-27(14(19)3)17-9-7-6-8-10-17/h6-10,15H,1-5H3,(H,25,28). The third kappa shape index (κ3) is 4.30. The molecular formula is C21H22N6OS. The van der Waals surface area contributed by atoms with E-state index in [1.165, 1.54) is 11.8 Å². The van der Waals surface area contributed by atoms with Crippen LogP contribution in [0.25, 0.3) is 5.69 Å². The zero-order chi connectivity index (χ0) is 21.1. The van der Waals surface area contributed by atoms with E-state index in [9.17, 15) is 10.1 Å². The van der Waals surface area contributed by atoms with Gasteiger partial charge < -0.3 is 5.32 Å². The molecule has 2 aromatic heterocycles. The number of hydrogen-bond acceptors (Lipinski definition) is 6. The number of para-hydroxylation sites is 1. The van der Waals surface area contributed by atoms with E-state index >= 15 is 0 Å². The van der Waals surface area contributed by atoms with Crippen LogP contribution in [0.1, 0.15) is 35.4 Å². The predicted molar refractivity (Wildman–Crippen MR) is 113 cm³/mol. The molecule has 0 bridgehead atoms. The number of aryl methyl sites for hydroxylation is 3. The predicted octanol–water partition coefficient (Wildman–Crippen LogP) is 3.89. The fraction of sp³-hybridized carbons (Fsp3) is 0.286. The number of benzene rings is 1. The Bertz CT molecular complexity index is 1100. The van der Waals surface area contributed by atoms with Crippen molar-refractivity contribution in [3.05, 3.63) is 58.8 Å². The average molecular weight is 407 g/mol. The second kappa shape index (κ2) is 8.45. The highest BCUT2D eigenvalue weighted by Crippen LogP contribution is 2.28. The Balaban J connectivity index is 1.81. The number of carbonyl (C=O) groups is 1. The first-order chi connectivity index (χ1) is 13.8. The van der Waals surface area contributed by atoms with Crippen LogP contribution >= 0.6 is 11.8 Å².